The molecule has 6 nitrogen and oxygen atoms in total. The summed E-state index contributed by atoms with van der Waals surface area (Å²) in [4.78, 5) is 29.6. The molecule has 2 aromatic carbocycles. The number of piperazine rings is 1. The van der Waals surface area contributed by atoms with Crippen molar-refractivity contribution in [1.82, 2.24) is 13.9 Å². The lowest BCUT2D eigenvalue weighted by atomic mass is 10.1. The van der Waals surface area contributed by atoms with Gasteiger partial charge >= 0.3 is 6.18 Å². The minimum absolute atomic E-state index is 0.0250. The number of amides is 1. The first kappa shape index (κ1) is 23.2. The van der Waals surface area contributed by atoms with Crippen molar-refractivity contribution in [3.05, 3.63) is 82.3 Å². The Morgan fingerprint density at radius 3 is 2.37 bits per heavy atom. The molecule has 35 heavy (non-hydrogen) atoms. The number of aromatic nitrogens is 2. The Balaban J connectivity index is 1.32. The van der Waals surface area contributed by atoms with Crippen LogP contribution in [0.1, 0.15) is 17.5 Å². The standard InChI is InChI=1S/C26H25F3N4O2/c1-18-5-8-20(9-6-18)31-15-14-30(17-24(31)34)11-3-13-33-21-10-7-19(26(27,28)29)16-23(21)32-12-2-4-22(32)25(33)35/h2,4-10,12,16H,3,11,13-15,17H2,1H3. The summed E-state index contributed by atoms with van der Waals surface area (Å²) in [5.74, 6) is 0.0250. The molecule has 1 fully saturated rings. The third kappa shape index (κ3) is 4.43. The zero-order chi connectivity index (χ0) is 24.7. The van der Waals surface area contributed by atoms with Gasteiger partial charge < -0.3 is 13.9 Å². The molecular formula is C26H25F3N4O2. The van der Waals surface area contributed by atoms with Gasteiger partial charge in [0.2, 0.25) is 5.91 Å². The summed E-state index contributed by atoms with van der Waals surface area (Å²) in [5, 5.41) is 0. The van der Waals surface area contributed by atoms with Crippen LogP contribution in [0.4, 0.5) is 18.9 Å². The van der Waals surface area contributed by atoms with Crippen LogP contribution in [0.3, 0.4) is 0 Å². The second-order valence-electron chi connectivity index (χ2n) is 8.93. The van der Waals surface area contributed by atoms with E-state index in [9.17, 15) is 22.8 Å². The van der Waals surface area contributed by atoms with Crippen LogP contribution in [0.2, 0.25) is 0 Å². The van der Waals surface area contributed by atoms with Crippen molar-refractivity contribution < 1.29 is 18.0 Å². The van der Waals surface area contributed by atoms with Gasteiger partial charge in [0.1, 0.15) is 5.52 Å². The topological polar surface area (TPSA) is 50.0 Å². The molecular weight excluding hydrogens is 457 g/mol. The average molecular weight is 483 g/mol. The number of carbonyl (C=O) groups is 1. The zero-order valence-corrected chi connectivity index (χ0v) is 19.3. The molecule has 0 saturated carbocycles. The molecule has 0 aliphatic carbocycles. The molecule has 9 heteroatoms. The van der Waals surface area contributed by atoms with E-state index in [1.54, 1.807) is 23.2 Å². The second-order valence-corrected chi connectivity index (χ2v) is 8.93. The number of nitrogens with zero attached hydrogens (tertiary/aromatic N) is 4. The number of hydrogen-bond acceptors (Lipinski definition) is 3. The number of alkyl halides is 3. The molecule has 182 valence electrons. The first-order valence-corrected chi connectivity index (χ1v) is 11.5. The van der Waals surface area contributed by atoms with Crippen LogP contribution in [0.15, 0.2) is 65.6 Å². The van der Waals surface area contributed by atoms with E-state index in [4.69, 9.17) is 0 Å². The van der Waals surface area contributed by atoms with Crippen molar-refractivity contribution in [2.45, 2.75) is 26.1 Å². The van der Waals surface area contributed by atoms with Gasteiger partial charge in [-0.2, -0.15) is 13.2 Å². The molecule has 0 atom stereocenters. The zero-order valence-electron chi connectivity index (χ0n) is 19.3. The van der Waals surface area contributed by atoms with Crippen LogP contribution >= 0.6 is 0 Å². The molecule has 0 N–H and O–H groups in total. The molecule has 0 radical (unpaired) electrons. The molecule has 1 aliphatic rings. The van der Waals surface area contributed by atoms with Gasteiger partial charge in [-0.05, 0) is 55.8 Å². The van der Waals surface area contributed by atoms with Crippen LogP contribution in [0, 0.1) is 6.92 Å². The van der Waals surface area contributed by atoms with Gasteiger partial charge in [0.15, 0.2) is 0 Å². The lowest BCUT2D eigenvalue weighted by Crippen LogP contribution is -2.50. The fraction of sp³-hybridized carbons (Fsp3) is 0.308. The predicted molar refractivity (Wildman–Crippen MR) is 129 cm³/mol. The Hall–Kier alpha value is -3.59. The molecule has 0 bridgehead atoms. The Morgan fingerprint density at radius 1 is 0.886 bits per heavy atom. The van der Waals surface area contributed by atoms with Crippen LogP contribution in [0.5, 0.6) is 0 Å². The highest BCUT2D eigenvalue weighted by molar-refractivity contribution is 5.95. The van der Waals surface area contributed by atoms with Crippen molar-refractivity contribution in [3.8, 4) is 0 Å². The van der Waals surface area contributed by atoms with E-state index in [2.05, 4.69) is 4.90 Å². The lowest BCUT2D eigenvalue weighted by molar-refractivity contribution is -0.137. The third-order valence-corrected chi connectivity index (χ3v) is 6.57. The summed E-state index contributed by atoms with van der Waals surface area (Å²) in [5.41, 5.74) is 2.14. The molecule has 0 spiro atoms. The molecule has 2 aromatic heterocycles. The number of halogens is 3. The number of aryl methyl sites for hydroxylation is 2. The predicted octanol–water partition coefficient (Wildman–Crippen LogP) is 4.32. The molecule has 4 aromatic rings. The Kier molecular flexibility index (Phi) is 5.88. The van der Waals surface area contributed by atoms with E-state index in [0.717, 1.165) is 23.4 Å². The molecule has 0 unspecified atom stereocenters. The molecule has 3 heterocycles. The minimum Gasteiger partial charge on any atom is -0.310 e. The quantitative estimate of drug-likeness (QED) is 0.426. The first-order chi connectivity index (χ1) is 16.7. The van der Waals surface area contributed by atoms with Crippen molar-refractivity contribution in [1.29, 1.82) is 0 Å². The van der Waals surface area contributed by atoms with E-state index in [1.807, 2.05) is 31.2 Å². The number of fused-ring (bicyclic) bond motifs is 3. The largest absolute Gasteiger partial charge is 0.416 e. The highest BCUT2D eigenvalue weighted by atomic mass is 19.4. The Labute approximate surface area is 199 Å². The van der Waals surface area contributed by atoms with Gasteiger partial charge in [0, 0.05) is 38.1 Å². The summed E-state index contributed by atoms with van der Waals surface area (Å²) >= 11 is 0. The SMILES string of the molecule is Cc1ccc(N2CCN(CCCn3c(=O)c4cccn4c4cc(C(F)(F)F)ccc43)CC2=O)cc1. The van der Waals surface area contributed by atoms with E-state index in [0.29, 0.717) is 49.1 Å². The van der Waals surface area contributed by atoms with Crippen LogP contribution in [0.25, 0.3) is 16.6 Å². The fourth-order valence-corrected chi connectivity index (χ4v) is 4.72. The fourth-order valence-electron chi connectivity index (χ4n) is 4.72. The van der Waals surface area contributed by atoms with E-state index in [1.165, 1.54) is 15.0 Å². The molecule has 1 aliphatic heterocycles. The maximum atomic E-state index is 13.3. The highest BCUT2D eigenvalue weighted by Gasteiger charge is 2.31. The van der Waals surface area contributed by atoms with Gasteiger partial charge in [-0.1, -0.05) is 17.7 Å². The smallest absolute Gasteiger partial charge is 0.310 e. The Morgan fingerprint density at radius 2 is 1.66 bits per heavy atom. The second kappa shape index (κ2) is 8.88. The summed E-state index contributed by atoms with van der Waals surface area (Å²) in [6.45, 7) is 4.53. The van der Waals surface area contributed by atoms with E-state index in [-0.39, 0.29) is 18.0 Å². The van der Waals surface area contributed by atoms with Gasteiger partial charge in [0.05, 0.1) is 23.1 Å². The number of anilines is 1. The van der Waals surface area contributed by atoms with Gasteiger partial charge in [-0.15, -0.1) is 0 Å². The summed E-state index contributed by atoms with van der Waals surface area (Å²) in [6.07, 6.45) is -2.28. The molecule has 1 amide bonds. The van der Waals surface area contributed by atoms with Crippen LogP contribution in [-0.2, 0) is 17.5 Å². The first-order valence-electron chi connectivity index (χ1n) is 11.5. The minimum atomic E-state index is -4.47. The molecule has 5 rings (SSSR count). The van der Waals surface area contributed by atoms with E-state index >= 15 is 0 Å². The van der Waals surface area contributed by atoms with Crippen molar-refractivity contribution >= 4 is 28.1 Å². The summed E-state index contributed by atoms with van der Waals surface area (Å²) in [7, 11) is 0. The number of carbonyl (C=O) groups excluding carboxylic acids is 1. The van der Waals surface area contributed by atoms with Crippen molar-refractivity contribution in [3.63, 3.8) is 0 Å². The Bertz CT molecular complexity index is 1450. The van der Waals surface area contributed by atoms with Gasteiger partial charge in [-0.25, -0.2) is 0 Å². The number of benzene rings is 2. The highest BCUT2D eigenvalue weighted by Crippen LogP contribution is 2.31. The number of rotatable bonds is 5. The van der Waals surface area contributed by atoms with Crippen molar-refractivity contribution in [2.75, 3.05) is 31.1 Å². The monoisotopic (exact) mass is 482 g/mol. The van der Waals surface area contributed by atoms with Gasteiger partial charge in [-0.3, -0.25) is 14.5 Å². The normalized spacial score (nSPS) is 15.4. The van der Waals surface area contributed by atoms with Crippen molar-refractivity contribution in [2.24, 2.45) is 0 Å². The molecule has 1 saturated heterocycles. The summed E-state index contributed by atoms with van der Waals surface area (Å²) < 4.78 is 42.9. The van der Waals surface area contributed by atoms with Gasteiger partial charge in [0.25, 0.3) is 5.56 Å². The van der Waals surface area contributed by atoms with E-state index < -0.39 is 11.7 Å². The van der Waals surface area contributed by atoms with Crippen LogP contribution < -0.4 is 10.5 Å². The average Bonchev–Trinajstić information content (AvgIpc) is 3.32. The summed E-state index contributed by atoms with van der Waals surface area (Å²) in [6, 6.07) is 14.6. The lowest BCUT2D eigenvalue weighted by Gasteiger charge is -2.34. The number of hydrogen-bond donors (Lipinski definition) is 0. The maximum Gasteiger partial charge on any atom is 0.416 e. The van der Waals surface area contributed by atoms with Crippen LogP contribution in [-0.4, -0.2) is 46.0 Å². The third-order valence-electron chi connectivity index (χ3n) is 6.57. The maximum absolute atomic E-state index is 13.3.